The van der Waals surface area contributed by atoms with Gasteiger partial charge in [0.25, 0.3) is 0 Å². The van der Waals surface area contributed by atoms with Gasteiger partial charge in [-0.2, -0.15) is 0 Å². The van der Waals surface area contributed by atoms with Crippen molar-refractivity contribution in [3.05, 3.63) is 58.7 Å². The van der Waals surface area contributed by atoms with Gasteiger partial charge in [-0.1, -0.05) is 25.1 Å². The molecule has 1 N–H and O–H groups in total. The first-order valence-electron chi connectivity index (χ1n) is 7.29. The monoisotopic (exact) mass is 289 g/mol. The summed E-state index contributed by atoms with van der Waals surface area (Å²) in [6.07, 6.45) is 1.06. The molecule has 0 aliphatic carbocycles. The highest BCUT2D eigenvalue weighted by Gasteiger charge is 2.15. The van der Waals surface area contributed by atoms with Crippen molar-refractivity contribution < 1.29 is 8.78 Å². The lowest BCUT2D eigenvalue weighted by Gasteiger charge is -2.13. The molecule has 0 fully saturated rings. The maximum Gasteiger partial charge on any atom is 0.136 e. The molecule has 2 aromatic carbocycles. The van der Waals surface area contributed by atoms with Crippen LogP contribution in [0, 0.1) is 25.5 Å². The first-order valence-corrected chi connectivity index (χ1v) is 7.29. The topological polar surface area (TPSA) is 12.0 Å². The summed E-state index contributed by atoms with van der Waals surface area (Å²) >= 11 is 0. The summed E-state index contributed by atoms with van der Waals surface area (Å²) in [5.74, 6) is -0.989. The van der Waals surface area contributed by atoms with Crippen molar-refractivity contribution in [2.75, 3.05) is 6.54 Å². The molecular weight excluding hydrogens is 268 g/mol. The fraction of sp³-hybridized carbons (Fsp3) is 0.333. The molecule has 0 spiro atoms. The molecule has 0 saturated heterocycles. The normalized spacial score (nSPS) is 10.9. The van der Waals surface area contributed by atoms with Crippen molar-refractivity contribution in [2.45, 2.75) is 33.7 Å². The molecule has 0 aliphatic rings. The third kappa shape index (κ3) is 3.48. The average molecular weight is 289 g/mol. The van der Waals surface area contributed by atoms with Gasteiger partial charge in [0.15, 0.2) is 0 Å². The Balaban J connectivity index is 2.44. The zero-order chi connectivity index (χ0) is 15.4. The molecule has 0 radical (unpaired) electrons. The van der Waals surface area contributed by atoms with Crippen LogP contribution >= 0.6 is 0 Å². The van der Waals surface area contributed by atoms with Gasteiger partial charge in [-0.05, 0) is 61.2 Å². The fourth-order valence-electron chi connectivity index (χ4n) is 2.36. The van der Waals surface area contributed by atoms with Gasteiger partial charge in [-0.25, -0.2) is 8.78 Å². The van der Waals surface area contributed by atoms with E-state index in [1.54, 1.807) is 6.92 Å². The van der Waals surface area contributed by atoms with E-state index >= 15 is 0 Å². The summed E-state index contributed by atoms with van der Waals surface area (Å²) in [5.41, 5.74) is 3.07. The first-order chi connectivity index (χ1) is 10.0. The number of benzene rings is 2. The molecule has 0 bridgehead atoms. The number of nitrogens with one attached hydrogen (secondary N) is 1. The zero-order valence-electron chi connectivity index (χ0n) is 12.8. The predicted octanol–water partition coefficient (Wildman–Crippen LogP) is 4.75. The van der Waals surface area contributed by atoms with Crippen LogP contribution in [0.25, 0.3) is 11.1 Å². The van der Waals surface area contributed by atoms with Crippen LogP contribution in [0.2, 0.25) is 0 Å². The summed E-state index contributed by atoms with van der Waals surface area (Å²) in [5, 5.41) is 3.30. The van der Waals surface area contributed by atoms with E-state index in [2.05, 4.69) is 12.2 Å². The Morgan fingerprint density at radius 2 is 1.71 bits per heavy atom. The Bertz CT molecular complexity index is 635. The summed E-state index contributed by atoms with van der Waals surface area (Å²) in [6.45, 7) is 7.26. The molecule has 1 nitrogen and oxygen atoms in total. The molecule has 2 rings (SSSR count). The van der Waals surface area contributed by atoms with Crippen LogP contribution in [-0.4, -0.2) is 6.54 Å². The minimum Gasteiger partial charge on any atom is -0.313 e. The van der Waals surface area contributed by atoms with Gasteiger partial charge < -0.3 is 5.32 Å². The molecule has 0 atom stereocenters. The molecular formula is C18H21F2N. The van der Waals surface area contributed by atoms with Crippen molar-refractivity contribution in [2.24, 2.45) is 0 Å². The molecule has 0 heterocycles. The molecule has 0 aromatic heterocycles. The minimum absolute atomic E-state index is 0.0739. The van der Waals surface area contributed by atoms with Crippen LogP contribution in [0.15, 0.2) is 30.3 Å². The maximum absolute atomic E-state index is 14.3. The SMILES string of the molecule is CCCNCc1ccc(C)c(-c2c(F)ccc(C)c2F)c1. The Morgan fingerprint density at radius 3 is 2.43 bits per heavy atom. The highest BCUT2D eigenvalue weighted by molar-refractivity contribution is 5.70. The van der Waals surface area contributed by atoms with Gasteiger partial charge in [0, 0.05) is 6.54 Å². The van der Waals surface area contributed by atoms with E-state index in [0.717, 1.165) is 24.1 Å². The van der Waals surface area contributed by atoms with Crippen LogP contribution in [0.3, 0.4) is 0 Å². The Kier molecular flexibility index (Phi) is 5.07. The maximum atomic E-state index is 14.3. The molecule has 0 aliphatic heterocycles. The summed E-state index contributed by atoms with van der Waals surface area (Å²) in [6, 6.07) is 8.58. The van der Waals surface area contributed by atoms with Crippen LogP contribution in [0.5, 0.6) is 0 Å². The lowest BCUT2D eigenvalue weighted by atomic mass is 9.95. The van der Waals surface area contributed by atoms with E-state index in [9.17, 15) is 8.78 Å². The lowest BCUT2D eigenvalue weighted by Crippen LogP contribution is -2.13. The highest BCUT2D eigenvalue weighted by atomic mass is 19.1. The number of aryl methyl sites for hydroxylation is 2. The van der Waals surface area contributed by atoms with E-state index in [4.69, 9.17) is 0 Å². The van der Waals surface area contributed by atoms with Crippen LogP contribution in [-0.2, 0) is 6.54 Å². The van der Waals surface area contributed by atoms with Crippen LogP contribution in [0.4, 0.5) is 8.78 Å². The molecule has 0 saturated carbocycles. The fourth-order valence-corrected chi connectivity index (χ4v) is 2.36. The molecule has 2 aromatic rings. The van der Waals surface area contributed by atoms with E-state index in [1.807, 2.05) is 25.1 Å². The Morgan fingerprint density at radius 1 is 1.00 bits per heavy atom. The van der Waals surface area contributed by atoms with E-state index in [-0.39, 0.29) is 5.56 Å². The number of halogens is 2. The molecule has 0 amide bonds. The number of hydrogen-bond acceptors (Lipinski definition) is 1. The van der Waals surface area contributed by atoms with Crippen molar-refractivity contribution >= 4 is 0 Å². The van der Waals surface area contributed by atoms with Crippen molar-refractivity contribution in [1.29, 1.82) is 0 Å². The second kappa shape index (κ2) is 6.81. The summed E-state index contributed by atoms with van der Waals surface area (Å²) in [7, 11) is 0. The summed E-state index contributed by atoms with van der Waals surface area (Å²) < 4.78 is 28.4. The van der Waals surface area contributed by atoms with Gasteiger partial charge in [-0.15, -0.1) is 0 Å². The lowest BCUT2D eigenvalue weighted by molar-refractivity contribution is 0.583. The van der Waals surface area contributed by atoms with E-state index in [1.165, 1.54) is 12.1 Å². The minimum atomic E-state index is -0.514. The molecule has 21 heavy (non-hydrogen) atoms. The van der Waals surface area contributed by atoms with E-state index < -0.39 is 11.6 Å². The second-order valence-corrected chi connectivity index (χ2v) is 5.38. The van der Waals surface area contributed by atoms with Crippen molar-refractivity contribution in [3.63, 3.8) is 0 Å². The quantitative estimate of drug-likeness (QED) is 0.783. The average Bonchev–Trinajstić information content (AvgIpc) is 2.46. The second-order valence-electron chi connectivity index (χ2n) is 5.38. The third-order valence-electron chi connectivity index (χ3n) is 3.61. The largest absolute Gasteiger partial charge is 0.313 e. The molecule has 0 unspecified atom stereocenters. The first kappa shape index (κ1) is 15.6. The van der Waals surface area contributed by atoms with E-state index in [0.29, 0.717) is 17.7 Å². The van der Waals surface area contributed by atoms with Crippen molar-refractivity contribution in [1.82, 2.24) is 5.32 Å². The third-order valence-corrected chi connectivity index (χ3v) is 3.61. The summed E-state index contributed by atoms with van der Waals surface area (Å²) in [4.78, 5) is 0. The van der Waals surface area contributed by atoms with Gasteiger partial charge in [-0.3, -0.25) is 0 Å². The standard InChI is InChI=1S/C18H21F2N/c1-4-9-21-11-14-7-5-12(2)15(10-14)17-16(19)8-6-13(3)18(17)20/h5-8,10,21H,4,9,11H2,1-3H3. The van der Waals surface area contributed by atoms with Crippen LogP contribution in [0.1, 0.15) is 30.0 Å². The molecule has 3 heteroatoms. The smallest absolute Gasteiger partial charge is 0.136 e. The zero-order valence-corrected chi connectivity index (χ0v) is 12.8. The number of hydrogen-bond donors (Lipinski definition) is 1. The van der Waals surface area contributed by atoms with Gasteiger partial charge in [0.05, 0.1) is 5.56 Å². The molecule has 112 valence electrons. The number of rotatable bonds is 5. The van der Waals surface area contributed by atoms with Gasteiger partial charge >= 0.3 is 0 Å². The Hall–Kier alpha value is -1.74. The van der Waals surface area contributed by atoms with Crippen molar-refractivity contribution in [3.8, 4) is 11.1 Å². The predicted molar refractivity (Wildman–Crippen MR) is 83.3 cm³/mol. The van der Waals surface area contributed by atoms with Crippen LogP contribution < -0.4 is 5.32 Å². The van der Waals surface area contributed by atoms with Gasteiger partial charge in [0.2, 0.25) is 0 Å². The van der Waals surface area contributed by atoms with Gasteiger partial charge in [0.1, 0.15) is 11.6 Å². The highest BCUT2D eigenvalue weighted by Crippen LogP contribution is 2.31. The Labute approximate surface area is 125 Å².